The average molecular weight is 261 g/mol. The number of hydrogen-bond donors (Lipinski definition) is 1. The van der Waals surface area contributed by atoms with Crippen LogP contribution in [-0.2, 0) is 13.1 Å². The van der Waals surface area contributed by atoms with Crippen LogP contribution in [0.15, 0.2) is 36.7 Å². The Morgan fingerprint density at radius 3 is 2.63 bits per heavy atom. The van der Waals surface area contributed by atoms with E-state index in [1.807, 2.05) is 37.5 Å². The molecule has 0 aliphatic heterocycles. The second-order valence-corrected chi connectivity index (χ2v) is 4.09. The first-order chi connectivity index (χ1) is 9.33. The largest absolute Gasteiger partial charge is 0.497 e. The normalized spacial score (nSPS) is 10.4. The van der Waals surface area contributed by atoms with E-state index in [-0.39, 0.29) is 0 Å². The third-order valence-electron chi connectivity index (χ3n) is 2.80. The fourth-order valence-corrected chi connectivity index (χ4v) is 1.80. The molecule has 0 radical (unpaired) electrons. The number of nitrogens with one attached hydrogen (secondary N) is 1. The van der Waals surface area contributed by atoms with Gasteiger partial charge < -0.3 is 19.4 Å². The van der Waals surface area contributed by atoms with Crippen LogP contribution >= 0.6 is 0 Å². The number of hydrogen-bond acceptors (Lipinski definition) is 4. The first-order valence-corrected chi connectivity index (χ1v) is 6.25. The van der Waals surface area contributed by atoms with Crippen molar-refractivity contribution in [2.24, 2.45) is 0 Å². The molecule has 2 aromatic rings. The van der Waals surface area contributed by atoms with Gasteiger partial charge in [-0.3, -0.25) is 0 Å². The summed E-state index contributed by atoms with van der Waals surface area (Å²) in [6.07, 6.45) is 3.77. The smallest absolute Gasteiger partial charge is 0.122 e. The predicted octanol–water partition coefficient (Wildman–Crippen LogP) is 1.69. The predicted molar refractivity (Wildman–Crippen MR) is 73.5 cm³/mol. The molecule has 5 nitrogen and oxygen atoms in total. The second kappa shape index (κ2) is 6.80. The molecule has 0 spiro atoms. The van der Waals surface area contributed by atoms with Gasteiger partial charge in [0.1, 0.15) is 23.9 Å². The summed E-state index contributed by atoms with van der Waals surface area (Å²) >= 11 is 0. The fourth-order valence-electron chi connectivity index (χ4n) is 1.80. The molecule has 1 aromatic carbocycles. The summed E-state index contributed by atoms with van der Waals surface area (Å²) in [4.78, 5) is 4.28. The minimum absolute atomic E-state index is 0.611. The molecule has 0 atom stereocenters. The summed E-state index contributed by atoms with van der Waals surface area (Å²) in [5.41, 5.74) is 0. The molecule has 102 valence electrons. The van der Waals surface area contributed by atoms with Crippen molar-refractivity contribution in [3.63, 3.8) is 0 Å². The zero-order valence-electron chi connectivity index (χ0n) is 11.3. The highest BCUT2D eigenvalue weighted by atomic mass is 16.5. The highest BCUT2D eigenvalue weighted by molar-refractivity contribution is 5.31. The van der Waals surface area contributed by atoms with Gasteiger partial charge in [0.05, 0.1) is 20.2 Å². The monoisotopic (exact) mass is 261 g/mol. The lowest BCUT2D eigenvalue weighted by Gasteiger charge is -2.09. The van der Waals surface area contributed by atoms with E-state index in [9.17, 15) is 0 Å². The number of rotatable bonds is 7. The van der Waals surface area contributed by atoms with E-state index in [2.05, 4.69) is 14.9 Å². The van der Waals surface area contributed by atoms with Gasteiger partial charge in [0.2, 0.25) is 0 Å². The van der Waals surface area contributed by atoms with Gasteiger partial charge in [-0.15, -0.1) is 0 Å². The number of imidazole rings is 1. The van der Waals surface area contributed by atoms with Gasteiger partial charge in [0.15, 0.2) is 0 Å². The first kappa shape index (κ1) is 13.4. The van der Waals surface area contributed by atoms with Crippen molar-refractivity contribution in [3.8, 4) is 11.5 Å². The van der Waals surface area contributed by atoms with Gasteiger partial charge in [-0.2, -0.15) is 0 Å². The SMILES string of the molecule is CNCc1nccn1CCOc1ccc(OC)cc1. The molecule has 0 amide bonds. The van der Waals surface area contributed by atoms with Crippen LogP contribution in [0.4, 0.5) is 0 Å². The maximum Gasteiger partial charge on any atom is 0.122 e. The molecule has 0 bridgehead atoms. The van der Waals surface area contributed by atoms with Crippen LogP contribution < -0.4 is 14.8 Å². The van der Waals surface area contributed by atoms with Crippen molar-refractivity contribution in [2.75, 3.05) is 20.8 Å². The van der Waals surface area contributed by atoms with Crippen LogP contribution in [0.3, 0.4) is 0 Å². The van der Waals surface area contributed by atoms with Gasteiger partial charge in [-0.05, 0) is 31.3 Å². The molecule has 0 aliphatic carbocycles. The molecule has 2 rings (SSSR count). The van der Waals surface area contributed by atoms with Crippen LogP contribution in [0.2, 0.25) is 0 Å². The number of nitrogens with zero attached hydrogens (tertiary/aromatic N) is 2. The lowest BCUT2D eigenvalue weighted by molar-refractivity contribution is 0.295. The Bertz CT molecular complexity index is 494. The molecule has 0 unspecified atom stereocenters. The minimum atomic E-state index is 0.611. The Morgan fingerprint density at radius 2 is 1.95 bits per heavy atom. The summed E-state index contributed by atoms with van der Waals surface area (Å²) < 4.78 is 12.9. The van der Waals surface area contributed by atoms with E-state index in [0.29, 0.717) is 6.61 Å². The molecule has 0 saturated carbocycles. The fraction of sp³-hybridized carbons (Fsp3) is 0.357. The van der Waals surface area contributed by atoms with E-state index in [0.717, 1.165) is 30.4 Å². The van der Waals surface area contributed by atoms with Crippen LogP contribution in [0.1, 0.15) is 5.82 Å². The molecule has 1 aromatic heterocycles. The van der Waals surface area contributed by atoms with E-state index in [1.165, 1.54) is 0 Å². The highest BCUT2D eigenvalue weighted by Gasteiger charge is 2.01. The average Bonchev–Trinajstić information content (AvgIpc) is 2.88. The van der Waals surface area contributed by atoms with E-state index in [4.69, 9.17) is 9.47 Å². The topological polar surface area (TPSA) is 48.3 Å². The van der Waals surface area contributed by atoms with Crippen LogP contribution in [0.5, 0.6) is 11.5 Å². The maximum absolute atomic E-state index is 5.69. The molecular formula is C14H19N3O2. The Morgan fingerprint density at radius 1 is 1.21 bits per heavy atom. The third kappa shape index (κ3) is 3.72. The maximum atomic E-state index is 5.69. The molecule has 19 heavy (non-hydrogen) atoms. The zero-order valence-corrected chi connectivity index (χ0v) is 11.3. The van der Waals surface area contributed by atoms with Crippen LogP contribution in [-0.4, -0.2) is 30.3 Å². The van der Waals surface area contributed by atoms with E-state index < -0.39 is 0 Å². The quantitative estimate of drug-likeness (QED) is 0.824. The summed E-state index contributed by atoms with van der Waals surface area (Å²) in [6, 6.07) is 7.58. The van der Waals surface area contributed by atoms with Gasteiger partial charge in [0.25, 0.3) is 0 Å². The summed E-state index contributed by atoms with van der Waals surface area (Å²) in [6.45, 7) is 2.15. The molecule has 0 fully saturated rings. The third-order valence-corrected chi connectivity index (χ3v) is 2.80. The molecular weight excluding hydrogens is 242 g/mol. The van der Waals surface area contributed by atoms with E-state index >= 15 is 0 Å². The Balaban J connectivity index is 1.83. The number of aromatic nitrogens is 2. The Hall–Kier alpha value is -2.01. The molecule has 1 heterocycles. The van der Waals surface area contributed by atoms with Gasteiger partial charge in [0, 0.05) is 12.4 Å². The standard InChI is InChI=1S/C14H19N3O2/c1-15-11-14-16-7-8-17(14)9-10-19-13-5-3-12(18-2)4-6-13/h3-8,15H,9-11H2,1-2H3. The van der Waals surface area contributed by atoms with Crippen molar-refractivity contribution >= 4 is 0 Å². The lowest BCUT2D eigenvalue weighted by atomic mass is 10.3. The molecule has 5 heteroatoms. The zero-order chi connectivity index (χ0) is 13.5. The number of benzene rings is 1. The van der Waals surface area contributed by atoms with Gasteiger partial charge >= 0.3 is 0 Å². The Labute approximate surface area is 113 Å². The highest BCUT2D eigenvalue weighted by Crippen LogP contribution is 2.16. The van der Waals surface area contributed by atoms with Gasteiger partial charge in [-0.1, -0.05) is 0 Å². The van der Waals surface area contributed by atoms with Crippen molar-refractivity contribution in [3.05, 3.63) is 42.5 Å². The van der Waals surface area contributed by atoms with Crippen molar-refractivity contribution in [1.82, 2.24) is 14.9 Å². The summed E-state index contributed by atoms with van der Waals surface area (Å²) in [5, 5.41) is 3.09. The van der Waals surface area contributed by atoms with Crippen LogP contribution in [0, 0.1) is 0 Å². The first-order valence-electron chi connectivity index (χ1n) is 6.25. The summed E-state index contributed by atoms with van der Waals surface area (Å²) in [5.74, 6) is 2.69. The lowest BCUT2D eigenvalue weighted by Crippen LogP contribution is -2.15. The minimum Gasteiger partial charge on any atom is -0.497 e. The van der Waals surface area contributed by atoms with Crippen molar-refractivity contribution in [1.29, 1.82) is 0 Å². The molecule has 1 N–H and O–H groups in total. The molecule has 0 aliphatic rings. The van der Waals surface area contributed by atoms with Crippen molar-refractivity contribution in [2.45, 2.75) is 13.1 Å². The van der Waals surface area contributed by atoms with Gasteiger partial charge in [-0.25, -0.2) is 4.98 Å². The number of ether oxygens (including phenoxy) is 2. The second-order valence-electron chi connectivity index (χ2n) is 4.09. The Kier molecular flexibility index (Phi) is 4.80. The molecule has 0 saturated heterocycles. The summed E-state index contributed by atoms with van der Waals surface area (Å²) in [7, 11) is 3.56. The van der Waals surface area contributed by atoms with Crippen LogP contribution in [0.25, 0.3) is 0 Å². The number of methoxy groups -OCH3 is 1. The van der Waals surface area contributed by atoms with Crippen molar-refractivity contribution < 1.29 is 9.47 Å². The van der Waals surface area contributed by atoms with E-state index in [1.54, 1.807) is 13.3 Å².